The molecule has 4 aliphatic carbocycles. The number of benzene rings is 3. The van der Waals surface area contributed by atoms with Crippen LogP contribution in [-0.4, -0.2) is 283 Å². The summed E-state index contributed by atoms with van der Waals surface area (Å²) in [5, 5.41) is 194. The number of rotatable bonds is 29. The number of nitrogens with one attached hydrogen (secondary N) is 8. The van der Waals surface area contributed by atoms with E-state index in [-0.39, 0.29) is 75.2 Å². The maximum Gasteiger partial charge on any atom is 0.331 e. The fourth-order valence-electron chi connectivity index (χ4n) is 19.8. The van der Waals surface area contributed by atoms with Gasteiger partial charge in [-0.1, -0.05) is 144 Å². The van der Waals surface area contributed by atoms with Crippen molar-refractivity contribution >= 4 is 76.4 Å². The van der Waals surface area contributed by atoms with E-state index in [4.69, 9.17) is 71.6 Å². The van der Waals surface area contributed by atoms with Crippen molar-refractivity contribution in [3.8, 4) is 40.2 Å². The molecule has 25 N–H and O–H groups in total. The monoisotopic (exact) mass is 2050 g/mol. The number of hydrogen-bond donors (Lipinski definition) is 24. The van der Waals surface area contributed by atoms with E-state index in [1.165, 1.54) is 101 Å². The number of fused-ring (bicyclic) bond motifs is 14. The molecule has 784 valence electrons. The summed E-state index contributed by atoms with van der Waals surface area (Å²) in [5.41, 5.74) is 4.16. The van der Waals surface area contributed by atoms with Crippen LogP contribution in [0.15, 0.2) is 146 Å². The van der Waals surface area contributed by atoms with Crippen LogP contribution in [-0.2, 0) is 66.8 Å². The first kappa shape index (κ1) is 109. The van der Waals surface area contributed by atoms with E-state index in [0.29, 0.717) is 18.4 Å². The standard InChI is InChI=1S/C100H127Cl2N9O33/c1-6-7-8-9-10-11-12-13-14-15-16-17-18-19-20-21-70(120)106-77-83(125)80(122)67(43-114)140-96(77)144-88-64-35-52-36-65(88)138-69-29-25-49(40-99(69,4)102)87(143-95-76(104-46(3)116)82(124)79(121)66(42-113)139-95)78-92(131)109-75(94(133)134)57-39-61(119)45(2)86(142-97-85(127)84(126)81(123)68(44-115)141-97)71(57)56-37-53(26-23-50(56)41-112)100(5,98(135)110-78)111-93(132)74(52)108-91(130)73-51-32-54(117)38-55(33-51)136-63-34-48(24-27-60(63)118)72(103)90(129)105-59(89(128)107-73)31-47-22-28-62(137-64)58(101)30-47/h23-27,29-30,32-36,38,45,56,59,66-68,72-85,87,95-97,112-115,117-119,121-127H,6-22,28,31,37,40-44,103H2,1-5H3,(H,104,116)(H,105,129)(H,106,120)(H,107,128)(H,108,130)(H,109,131)(H,110,135)(H,111,132)(H,133,134)/t45?,56?,59-,66?,67?,68?,72-,73+,74-,75+,76?,77?,78+,79-,80-,81-,82?,83?,84?,85?,87-,95+,96+,97-,99-,100-/m1/s1. The number of carboxylic acids is 1. The van der Waals surface area contributed by atoms with Crippen LogP contribution in [0.4, 0.5) is 0 Å². The highest BCUT2D eigenvalue weighted by Gasteiger charge is 2.56. The summed E-state index contributed by atoms with van der Waals surface area (Å²) in [5.74, 6) is -20.6. The highest BCUT2D eigenvalue weighted by atomic mass is 35.5. The summed E-state index contributed by atoms with van der Waals surface area (Å²) in [4.78, 5) is 139. The van der Waals surface area contributed by atoms with Crippen molar-refractivity contribution in [2.75, 3.05) is 26.4 Å². The van der Waals surface area contributed by atoms with E-state index in [9.17, 15) is 95.8 Å². The molecule has 0 saturated carbocycles. The zero-order chi connectivity index (χ0) is 104. The molecule has 3 aromatic carbocycles. The van der Waals surface area contributed by atoms with Crippen molar-refractivity contribution < 1.29 is 162 Å². The summed E-state index contributed by atoms with van der Waals surface area (Å²) < 4.78 is 59.1. The van der Waals surface area contributed by atoms with E-state index in [2.05, 4.69) is 55.2 Å². The lowest BCUT2D eigenvalue weighted by molar-refractivity contribution is -0.293. The molecule has 13 aliphatic rings. The van der Waals surface area contributed by atoms with Gasteiger partial charge in [-0.2, -0.15) is 0 Å². The number of aromatic hydroxyl groups is 2. The smallest absolute Gasteiger partial charge is 0.331 e. The Morgan fingerprint density at radius 2 is 1.19 bits per heavy atom. The van der Waals surface area contributed by atoms with E-state index >= 15 is 24.0 Å². The van der Waals surface area contributed by atoms with Gasteiger partial charge in [0.05, 0.1) is 37.4 Å². The molecule has 16 rings (SSSR count). The molecule has 9 heterocycles. The van der Waals surface area contributed by atoms with Gasteiger partial charge in [0.1, 0.15) is 154 Å². The zero-order valence-electron chi connectivity index (χ0n) is 79.9. The van der Waals surface area contributed by atoms with Crippen LogP contribution in [0.1, 0.15) is 204 Å². The largest absolute Gasteiger partial charge is 0.508 e. The Hall–Kier alpha value is -11.1. The van der Waals surface area contributed by atoms with Gasteiger partial charge in [-0.3, -0.25) is 38.4 Å². The fraction of sp³-hybridized carbons (Fsp3) is 0.560. The Morgan fingerprint density at radius 1 is 0.597 bits per heavy atom. The Morgan fingerprint density at radius 3 is 1.81 bits per heavy atom. The van der Waals surface area contributed by atoms with Gasteiger partial charge in [0, 0.05) is 42.9 Å². The lowest BCUT2D eigenvalue weighted by Gasteiger charge is -2.45. The molecule has 3 aromatic rings. The van der Waals surface area contributed by atoms with Gasteiger partial charge in [-0.05, 0) is 135 Å². The minimum atomic E-state index is -2.91. The number of alkyl halides is 1. The number of carbonyl (C=O) groups excluding carboxylic acids is 8. The van der Waals surface area contributed by atoms with Gasteiger partial charge < -0.3 is 167 Å². The second-order valence-electron chi connectivity index (χ2n) is 38.5. The molecule has 44 heteroatoms. The Bertz CT molecular complexity index is 5640. The normalized spacial score (nSPS) is 32.5. The molecule has 144 heavy (non-hydrogen) atoms. The molecular weight excluding hydrogens is 1930 g/mol. The maximum atomic E-state index is 17.5. The van der Waals surface area contributed by atoms with Crippen LogP contribution in [0.2, 0.25) is 0 Å². The van der Waals surface area contributed by atoms with Crippen LogP contribution >= 0.6 is 23.2 Å². The number of hydrogen-bond acceptors (Lipinski definition) is 33. The minimum absolute atomic E-state index is 0.0482. The number of ether oxygens (including phenoxy) is 9. The predicted molar refractivity (Wildman–Crippen MR) is 508 cm³/mol. The summed E-state index contributed by atoms with van der Waals surface area (Å²) in [6, 6.07) is -7.78. The number of phenols is 2. The number of nitrogens with two attached hydrogens (primary N) is 1. The average Bonchev–Trinajstić information content (AvgIpc) is 0.769. The molecular formula is C100H127Cl2N9O33. The number of phenolic OH excluding ortho intramolecular Hbond substituents is 2. The third-order valence-corrected chi connectivity index (χ3v) is 28.7. The second kappa shape index (κ2) is 47.2. The highest BCUT2D eigenvalue weighted by molar-refractivity contribution is 6.31. The number of carboxylic acid groups (broad SMARTS) is 1. The molecule has 42 nitrogen and oxygen atoms in total. The van der Waals surface area contributed by atoms with Gasteiger partial charge in [-0.15, -0.1) is 11.6 Å². The number of allylic oxidation sites excluding steroid dienone is 8. The van der Waals surface area contributed by atoms with Gasteiger partial charge in [-0.25, -0.2) is 4.79 Å². The van der Waals surface area contributed by atoms with Gasteiger partial charge in [0.2, 0.25) is 59.7 Å². The Labute approximate surface area is 838 Å². The Kier molecular flexibility index (Phi) is 35.6. The Balaban J connectivity index is 0.993. The van der Waals surface area contributed by atoms with Crippen molar-refractivity contribution in [3.05, 3.63) is 163 Å². The molecule has 11 unspecified atom stereocenters. The van der Waals surface area contributed by atoms with E-state index in [0.717, 1.165) is 88.8 Å². The lowest BCUT2D eigenvalue weighted by atomic mass is 9.70. The summed E-state index contributed by atoms with van der Waals surface area (Å²) >= 11 is 15.4. The maximum absolute atomic E-state index is 17.5. The first-order chi connectivity index (χ1) is 68.7. The fourth-order valence-corrected chi connectivity index (χ4v) is 20.3. The van der Waals surface area contributed by atoms with Crippen LogP contribution in [0, 0.1) is 11.8 Å². The molecule has 26 atom stereocenters. The number of carbonyl (C=O) groups is 9. The van der Waals surface area contributed by atoms with Crippen molar-refractivity contribution in [1.82, 2.24) is 42.5 Å². The molecule has 0 aromatic heterocycles. The molecule has 4 fully saturated rings. The molecule has 0 spiro atoms. The number of halogens is 2. The highest BCUT2D eigenvalue weighted by Crippen LogP contribution is 2.52. The van der Waals surface area contributed by atoms with Crippen molar-refractivity contribution in [3.63, 3.8) is 0 Å². The van der Waals surface area contributed by atoms with E-state index < -0.39 is 312 Å². The molecule has 17 bridgehead atoms. The van der Waals surface area contributed by atoms with Crippen molar-refractivity contribution in [1.29, 1.82) is 0 Å². The van der Waals surface area contributed by atoms with E-state index in [1.54, 1.807) is 0 Å². The quantitative estimate of drug-likeness (QED) is 0.0269. The summed E-state index contributed by atoms with van der Waals surface area (Å²) in [6.07, 6.45) is -8.88. The SMILES string of the molecule is CCCCCCCCCCCCCCCCCC(=O)NC1C(O)[C@H](O)C(CO)O[C@H]1Oc1c2cc3cc1OC1=C(Cl)C=C(CC1)C[C@H]1NC(=O)[C@H](N)c4ccc(O)c(c4)Oc4cc(O)cc(c4)[C@H](NC1=O)C(=O)N[C@H]3C(=O)N[C@@]1(C)C(=O)N[C@H](C(=O)N[C@H](C(=O)O)C3=C=C(O)C(C)C(O[C@H]4OC(CO)[C@@H](O)C(O)C4O)=C3C3CC1=CC=C3CO)[C@H](O[C@@H]1OC(CO)[C@@H](O)C(O)C1NC(C)=O)C1=CC=C(O2)[C@](C)(Cl)C1. The van der Waals surface area contributed by atoms with Gasteiger partial charge in [0.15, 0.2) is 35.3 Å². The molecule has 9 aliphatic heterocycles. The van der Waals surface area contributed by atoms with Crippen LogP contribution in [0.25, 0.3) is 0 Å². The number of amides is 8. The van der Waals surface area contributed by atoms with Crippen LogP contribution in [0.5, 0.6) is 40.2 Å². The summed E-state index contributed by atoms with van der Waals surface area (Å²) in [6.45, 7) is 2.84. The van der Waals surface area contributed by atoms with Crippen LogP contribution < -0.4 is 67.2 Å². The third kappa shape index (κ3) is 24.2. The number of aliphatic carboxylic acids is 1. The van der Waals surface area contributed by atoms with Gasteiger partial charge >= 0.3 is 5.97 Å². The molecule has 0 radical (unpaired) electrons. The lowest BCUT2D eigenvalue weighted by Crippen LogP contribution is -2.68. The van der Waals surface area contributed by atoms with Crippen LogP contribution in [0.3, 0.4) is 0 Å². The summed E-state index contributed by atoms with van der Waals surface area (Å²) in [7, 11) is 0. The van der Waals surface area contributed by atoms with Crippen molar-refractivity contribution in [2.45, 2.75) is 314 Å². The van der Waals surface area contributed by atoms with Crippen molar-refractivity contribution in [2.24, 2.45) is 17.6 Å². The minimum Gasteiger partial charge on any atom is -0.508 e. The second-order valence-corrected chi connectivity index (χ2v) is 39.8. The number of unbranched alkanes of at least 4 members (excludes halogenated alkanes) is 14. The zero-order valence-corrected chi connectivity index (χ0v) is 81.4. The van der Waals surface area contributed by atoms with E-state index in [1.807, 2.05) is 0 Å². The topological polar surface area (TPSA) is 662 Å². The number of aliphatic hydroxyl groups is 12. The number of aliphatic hydroxyl groups excluding tert-OH is 12. The average molecular weight is 2050 g/mol. The van der Waals surface area contributed by atoms with Gasteiger partial charge in [0.25, 0.3) is 5.91 Å². The third-order valence-electron chi connectivity index (χ3n) is 28.0. The molecule has 8 amide bonds. The molecule has 4 saturated heterocycles. The first-order valence-electron chi connectivity index (χ1n) is 48.6. The first-order valence-corrected chi connectivity index (χ1v) is 49.4. The predicted octanol–water partition coefficient (Wildman–Crippen LogP) is 3.35.